The SMILES string of the molecule is CO[C@@]12CC=C3C(=CC[C@]4(C)[C@@H]([C@H](C)/C=C/[C@H](C)C(C)C)CC[C@@H]34)[C@@]1(C)CC[C@H](O[C@@H]1O[C@H](CO)[C@@H](O)[C@H](O)[C@H]1O)C2. The first-order valence-corrected chi connectivity index (χ1v) is 16.4. The lowest BCUT2D eigenvalue weighted by atomic mass is 9.50. The van der Waals surface area contributed by atoms with Gasteiger partial charge in [-0.1, -0.05) is 65.8 Å². The van der Waals surface area contributed by atoms with Crippen LogP contribution in [0.2, 0.25) is 0 Å². The third kappa shape index (κ3) is 5.19. The molecule has 238 valence electrons. The monoisotopic (exact) mass is 588 g/mol. The summed E-state index contributed by atoms with van der Waals surface area (Å²) in [4.78, 5) is 0. The maximum Gasteiger partial charge on any atom is 0.186 e. The van der Waals surface area contributed by atoms with E-state index in [2.05, 4.69) is 65.8 Å². The predicted molar refractivity (Wildman–Crippen MR) is 162 cm³/mol. The molecule has 1 aliphatic heterocycles. The number of aliphatic hydroxyl groups is 4. The Morgan fingerprint density at radius 1 is 0.976 bits per heavy atom. The second-order valence-electron chi connectivity index (χ2n) is 15.0. The highest BCUT2D eigenvalue weighted by atomic mass is 16.7. The molecule has 4 N–H and O–H groups in total. The Hall–Kier alpha value is -1.06. The van der Waals surface area contributed by atoms with Crippen LogP contribution >= 0.6 is 0 Å². The van der Waals surface area contributed by atoms with Crippen molar-refractivity contribution in [3.63, 3.8) is 0 Å². The van der Waals surface area contributed by atoms with Gasteiger partial charge < -0.3 is 34.6 Å². The van der Waals surface area contributed by atoms with Crippen LogP contribution in [0.4, 0.5) is 0 Å². The summed E-state index contributed by atoms with van der Waals surface area (Å²) in [6.07, 6.45) is 10.0. The fourth-order valence-corrected chi connectivity index (χ4v) is 9.28. The number of fused-ring (bicyclic) bond motifs is 5. The van der Waals surface area contributed by atoms with E-state index in [4.69, 9.17) is 14.2 Å². The van der Waals surface area contributed by atoms with Gasteiger partial charge in [0.05, 0.1) is 18.3 Å². The lowest BCUT2D eigenvalue weighted by Crippen LogP contribution is -2.61. The molecule has 13 atom stereocenters. The molecule has 3 fully saturated rings. The van der Waals surface area contributed by atoms with Crippen LogP contribution in [0.25, 0.3) is 0 Å². The van der Waals surface area contributed by atoms with Gasteiger partial charge in [0.2, 0.25) is 0 Å². The number of hydrogen-bond donors (Lipinski definition) is 4. The van der Waals surface area contributed by atoms with Gasteiger partial charge in [0, 0.05) is 18.9 Å². The van der Waals surface area contributed by atoms with Gasteiger partial charge in [0.1, 0.15) is 24.4 Å². The molecule has 42 heavy (non-hydrogen) atoms. The number of hydrogen-bond acceptors (Lipinski definition) is 7. The highest BCUT2D eigenvalue weighted by Gasteiger charge is 2.61. The summed E-state index contributed by atoms with van der Waals surface area (Å²) < 4.78 is 18.4. The highest BCUT2D eigenvalue weighted by molar-refractivity contribution is 5.48. The van der Waals surface area contributed by atoms with Gasteiger partial charge in [-0.15, -0.1) is 0 Å². The van der Waals surface area contributed by atoms with E-state index in [-0.39, 0.29) is 16.9 Å². The zero-order valence-electron chi connectivity index (χ0n) is 26.8. The Morgan fingerprint density at radius 2 is 1.71 bits per heavy atom. The zero-order chi connectivity index (χ0) is 30.6. The van der Waals surface area contributed by atoms with Crippen LogP contribution in [0.15, 0.2) is 35.5 Å². The molecule has 0 amide bonds. The lowest BCUT2D eigenvalue weighted by Gasteiger charge is -2.59. The minimum absolute atomic E-state index is 0.154. The molecule has 0 aromatic heterocycles. The van der Waals surface area contributed by atoms with Crippen molar-refractivity contribution in [2.45, 2.75) is 129 Å². The average molecular weight is 589 g/mol. The summed E-state index contributed by atoms with van der Waals surface area (Å²) in [6.45, 7) is 13.8. The van der Waals surface area contributed by atoms with E-state index in [1.807, 2.05) is 0 Å². The molecule has 1 heterocycles. The van der Waals surface area contributed by atoms with Crippen molar-refractivity contribution in [1.29, 1.82) is 0 Å². The van der Waals surface area contributed by atoms with Crippen molar-refractivity contribution in [2.75, 3.05) is 13.7 Å². The van der Waals surface area contributed by atoms with Crippen LogP contribution in [0.3, 0.4) is 0 Å². The minimum atomic E-state index is -1.44. The van der Waals surface area contributed by atoms with Gasteiger partial charge in [-0.05, 0) is 84.7 Å². The molecule has 4 aliphatic carbocycles. The highest BCUT2D eigenvalue weighted by Crippen LogP contribution is 2.66. The maximum absolute atomic E-state index is 10.6. The summed E-state index contributed by atoms with van der Waals surface area (Å²) in [5.41, 5.74) is 2.66. The van der Waals surface area contributed by atoms with Gasteiger partial charge in [-0.2, -0.15) is 0 Å². The Bertz CT molecular complexity index is 1070. The number of aliphatic hydroxyl groups excluding tert-OH is 4. The predicted octanol–water partition coefficient (Wildman–Crippen LogP) is 4.92. The summed E-state index contributed by atoms with van der Waals surface area (Å²) in [5, 5.41) is 40.6. The number of rotatable bonds is 8. The summed E-state index contributed by atoms with van der Waals surface area (Å²) in [7, 11) is 1.80. The van der Waals surface area contributed by atoms with Gasteiger partial charge in [-0.3, -0.25) is 0 Å². The molecular formula is C35H56O7. The second-order valence-corrected chi connectivity index (χ2v) is 15.0. The molecule has 0 radical (unpaired) electrons. The van der Waals surface area contributed by atoms with Crippen LogP contribution in [-0.4, -0.2) is 76.6 Å². The second kappa shape index (κ2) is 12.0. The van der Waals surface area contributed by atoms with Gasteiger partial charge >= 0.3 is 0 Å². The third-order valence-electron chi connectivity index (χ3n) is 12.6. The summed E-state index contributed by atoms with van der Waals surface area (Å²) in [5.74, 6) is 3.05. The van der Waals surface area contributed by atoms with Crippen molar-refractivity contribution in [3.05, 3.63) is 35.5 Å². The number of ether oxygens (including phenoxy) is 3. The topological polar surface area (TPSA) is 109 Å². The molecule has 0 aromatic carbocycles. The minimum Gasteiger partial charge on any atom is -0.394 e. The molecule has 0 aromatic rings. The van der Waals surface area contributed by atoms with Gasteiger partial charge in [0.25, 0.3) is 0 Å². The van der Waals surface area contributed by atoms with E-state index in [1.54, 1.807) is 12.7 Å². The lowest BCUT2D eigenvalue weighted by molar-refractivity contribution is -0.319. The van der Waals surface area contributed by atoms with E-state index in [0.717, 1.165) is 25.7 Å². The molecule has 5 aliphatic rings. The van der Waals surface area contributed by atoms with Crippen molar-refractivity contribution in [3.8, 4) is 0 Å². The Morgan fingerprint density at radius 3 is 2.38 bits per heavy atom. The standard InChI is InChI=1S/C35H56O7/c1-20(2)21(3)8-9-22(4)25-10-11-26-24-13-17-35(40-7)18-23(12-16-34(35,6)27(24)14-15-33(25,26)5)41-32-31(39)30(38)29(37)28(19-36)42-32/h8-9,13-14,20-23,25-26,28-32,36-39H,10-12,15-19H2,1-7H3/b9-8+/t21-,22+,23-,25+,26-,28+,29+,30-,31+,32+,33+,34+,35+/m0/s1. The van der Waals surface area contributed by atoms with E-state index >= 15 is 0 Å². The maximum atomic E-state index is 10.6. The Kier molecular flexibility index (Phi) is 9.27. The molecule has 1 saturated heterocycles. The van der Waals surface area contributed by atoms with Crippen LogP contribution in [-0.2, 0) is 14.2 Å². The largest absolute Gasteiger partial charge is 0.394 e. The van der Waals surface area contributed by atoms with Crippen molar-refractivity contribution >= 4 is 0 Å². The quantitative estimate of drug-likeness (QED) is 0.298. The summed E-state index contributed by atoms with van der Waals surface area (Å²) in [6, 6.07) is 0. The zero-order valence-corrected chi connectivity index (χ0v) is 26.8. The number of methoxy groups -OCH3 is 1. The van der Waals surface area contributed by atoms with Gasteiger partial charge in [0.15, 0.2) is 6.29 Å². The Labute approximate surface area is 253 Å². The molecular weight excluding hydrogens is 532 g/mol. The van der Waals surface area contributed by atoms with Crippen LogP contribution in [0.5, 0.6) is 0 Å². The average Bonchev–Trinajstić information content (AvgIpc) is 3.33. The van der Waals surface area contributed by atoms with Crippen LogP contribution < -0.4 is 0 Å². The van der Waals surface area contributed by atoms with Crippen LogP contribution in [0.1, 0.15) is 86.5 Å². The normalized spacial score (nSPS) is 47.0. The first kappa shape index (κ1) is 32.3. The molecule has 0 bridgehead atoms. The van der Waals surface area contributed by atoms with Crippen molar-refractivity contribution < 1.29 is 34.6 Å². The third-order valence-corrected chi connectivity index (χ3v) is 12.6. The molecule has 5 rings (SSSR count). The molecule has 7 nitrogen and oxygen atoms in total. The number of allylic oxidation sites excluding steroid dienone is 4. The fourth-order valence-electron chi connectivity index (χ4n) is 9.28. The fraction of sp³-hybridized carbons (Fsp3) is 0.829. The van der Waals surface area contributed by atoms with E-state index in [0.29, 0.717) is 36.0 Å². The van der Waals surface area contributed by atoms with E-state index in [9.17, 15) is 20.4 Å². The smallest absolute Gasteiger partial charge is 0.186 e. The van der Waals surface area contributed by atoms with Crippen molar-refractivity contribution in [1.82, 2.24) is 0 Å². The Balaban J connectivity index is 1.34. The van der Waals surface area contributed by atoms with Crippen LogP contribution in [0, 0.1) is 40.4 Å². The first-order chi connectivity index (χ1) is 19.8. The van der Waals surface area contributed by atoms with E-state index < -0.39 is 42.9 Å². The van der Waals surface area contributed by atoms with E-state index in [1.165, 1.54) is 18.4 Å². The molecule has 0 unspecified atom stereocenters. The van der Waals surface area contributed by atoms with Gasteiger partial charge in [-0.25, -0.2) is 0 Å². The molecule has 0 spiro atoms. The first-order valence-electron chi connectivity index (χ1n) is 16.4. The molecule has 2 saturated carbocycles. The molecule has 7 heteroatoms. The van der Waals surface area contributed by atoms with Crippen molar-refractivity contribution in [2.24, 2.45) is 40.4 Å². The summed E-state index contributed by atoms with van der Waals surface area (Å²) >= 11 is 0.